The maximum Gasteiger partial charge on any atom is 0.338 e. The Labute approximate surface area is 145 Å². The second-order valence-corrected chi connectivity index (χ2v) is 5.43. The molecule has 1 aliphatic rings. The molecule has 1 N–H and O–H groups in total. The van der Waals surface area contributed by atoms with E-state index in [0.717, 1.165) is 0 Å². The van der Waals surface area contributed by atoms with E-state index < -0.39 is 23.9 Å². The van der Waals surface area contributed by atoms with Gasteiger partial charge in [-0.25, -0.2) is 14.0 Å². The Bertz CT molecular complexity index is 702. The van der Waals surface area contributed by atoms with Gasteiger partial charge in [-0.05, 0) is 13.0 Å². The van der Waals surface area contributed by atoms with Gasteiger partial charge in [0.2, 0.25) is 0 Å². The van der Waals surface area contributed by atoms with Crippen LogP contribution in [0.5, 0.6) is 0 Å². The molecule has 25 heavy (non-hydrogen) atoms. The van der Waals surface area contributed by atoms with Gasteiger partial charge in [0, 0.05) is 24.9 Å². The first-order valence-electron chi connectivity index (χ1n) is 7.81. The van der Waals surface area contributed by atoms with Crippen LogP contribution in [0.25, 0.3) is 0 Å². The van der Waals surface area contributed by atoms with E-state index in [2.05, 4.69) is 11.9 Å². The van der Waals surface area contributed by atoms with E-state index in [1.165, 1.54) is 24.1 Å². The molecular formula is C18H21FN2O4. The maximum absolute atomic E-state index is 14.2. The van der Waals surface area contributed by atoms with Crippen LogP contribution < -0.4 is 5.32 Å². The molecule has 2 amide bonds. The smallest absolute Gasteiger partial charge is 0.338 e. The van der Waals surface area contributed by atoms with E-state index in [1.54, 1.807) is 25.1 Å². The van der Waals surface area contributed by atoms with Crippen molar-refractivity contribution in [2.75, 3.05) is 26.9 Å². The first kappa shape index (κ1) is 18.7. The van der Waals surface area contributed by atoms with E-state index in [-0.39, 0.29) is 30.9 Å². The van der Waals surface area contributed by atoms with Crippen LogP contribution in [-0.4, -0.2) is 43.8 Å². The number of rotatable bonds is 7. The molecule has 0 fully saturated rings. The van der Waals surface area contributed by atoms with Crippen molar-refractivity contribution >= 4 is 12.0 Å². The average Bonchev–Trinajstić information content (AvgIpc) is 2.58. The fraction of sp³-hybridized carbons (Fsp3) is 0.333. The maximum atomic E-state index is 14.2. The Balaban J connectivity index is 2.45. The van der Waals surface area contributed by atoms with Crippen molar-refractivity contribution in [2.24, 2.45) is 0 Å². The number of ether oxygens (including phenoxy) is 2. The highest BCUT2D eigenvalue weighted by Crippen LogP contribution is 2.32. The third-order valence-corrected chi connectivity index (χ3v) is 3.86. The molecule has 1 atom stereocenters. The zero-order chi connectivity index (χ0) is 18.4. The number of hydrogen-bond acceptors (Lipinski definition) is 4. The number of urea groups is 1. The number of carbonyl (C=O) groups is 2. The quantitative estimate of drug-likeness (QED) is 0.467. The van der Waals surface area contributed by atoms with Crippen LogP contribution in [0.3, 0.4) is 0 Å². The van der Waals surface area contributed by atoms with E-state index >= 15 is 0 Å². The van der Waals surface area contributed by atoms with Gasteiger partial charge in [-0.3, -0.25) is 4.90 Å². The molecule has 0 spiro atoms. The fourth-order valence-electron chi connectivity index (χ4n) is 2.63. The molecule has 1 heterocycles. The number of carbonyl (C=O) groups excluding carboxylic acids is 2. The minimum absolute atomic E-state index is 0.0610. The van der Waals surface area contributed by atoms with Gasteiger partial charge in [-0.15, -0.1) is 6.58 Å². The third-order valence-electron chi connectivity index (χ3n) is 3.86. The highest BCUT2D eigenvalue weighted by Gasteiger charge is 2.37. The number of amides is 2. The molecular weight excluding hydrogens is 327 g/mol. The van der Waals surface area contributed by atoms with E-state index in [4.69, 9.17) is 9.47 Å². The van der Waals surface area contributed by atoms with Crippen molar-refractivity contribution in [1.82, 2.24) is 10.2 Å². The van der Waals surface area contributed by atoms with Gasteiger partial charge < -0.3 is 14.8 Å². The van der Waals surface area contributed by atoms with Gasteiger partial charge in [-0.1, -0.05) is 24.3 Å². The molecule has 7 heteroatoms. The predicted octanol–water partition coefficient (Wildman–Crippen LogP) is 2.54. The summed E-state index contributed by atoms with van der Waals surface area (Å²) in [6.45, 7) is 5.76. The summed E-state index contributed by atoms with van der Waals surface area (Å²) in [5, 5.41) is 2.67. The van der Waals surface area contributed by atoms with Crippen molar-refractivity contribution in [3.63, 3.8) is 0 Å². The summed E-state index contributed by atoms with van der Waals surface area (Å²) in [6, 6.07) is 4.63. The summed E-state index contributed by atoms with van der Waals surface area (Å²) >= 11 is 0. The molecule has 2 rings (SSSR count). The molecule has 0 aromatic heterocycles. The molecule has 0 saturated heterocycles. The van der Waals surface area contributed by atoms with E-state index in [1.807, 2.05) is 0 Å². The lowest BCUT2D eigenvalue weighted by atomic mass is 9.94. The first-order valence-corrected chi connectivity index (χ1v) is 7.81. The number of halogens is 1. The van der Waals surface area contributed by atoms with Gasteiger partial charge in [-0.2, -0.15) is 0 Å². The number of methoxy groups -OCH3 is 1. The second-order valence-electron chi connectivity index (χ2n) is 5.43. The number of allylic oxidation sites excluding steroid dienone is 1. The van der Waals surface area contributed by atoms with Gasteiger partial charge in [0.1, 0.15) is 12.4 Å². The number of benzene rings is 1. The molecule has 1 aliphatic heterocycles. The number of esters is 1. The lowest BCUT2D eigenvalue weighted by molar-refractivity contribution is -0.140. The fourth-order valence-corrected chi connectivity index (χ4v) is 2.63. The minimum Gasteiger partial charge on any atom is -0.460 e. The Morgan fingerprint density at radius 3 is 2.76 bits per heavy atom. The first-order chi connectivity index (χ1) is 12.0. The van der Waals surface area contributed by atoms with E-state index in [9.17, 15) is 14.0 Å². The van der Waals surface area contributed by atoms with Crippen LogP contribution >= 0.6 is 0 Å². The Hall–Kier alpha value is -2.67. The summed E-state index contributed by atoms with van der Waals surface area (Å²) < 4.78 is 24.3. The van der Waals surface area contributed by atoms with Crippen LogP contribution in [-0.2, 0) is 14.3 Å². The minimum atomic E-state index is -0.926. The summed E-state index contributed by atoms with van der Waals surface area (Å²) in [5.41, 5.74) is 0.786. The number of nitrogens with zero attached hydrogens (tertiary/aromatic N) is 1. The van der Waals surface area contributed by atoms with Crippen molar-refractivity contribution in [2.45, 2.75) is 13.0 Å². The molecule has 0 unspecified atom stereocenters. The highest BCUT2D eigenvalue weighted by molar-refractivity contribution is 5.95. The molecule has 0 bridgehead atoms. The van der Waals surface area contributed by atoms with E-state index in [0.29, 0.717) is 5.70 Å². The Morgan fingerprint density at radius 1 is 1.40 bits per heavy atom. The van der Waals surface area contributed by atoms with Crippen LogP contribution in [0.2, 0.25) is 0 Å². The van der Waals surface area contributed by atoms with Crippen molar-refractivity contribution in [1.29, 1.82) is 0 Å². The van der Waals surface area contributed by atoms with Crippen LogP contribution in [0.1, 0.15) is 18.5 Å². The Kier molecular flexibility index (Phi) is 6.30. The van der Waals surface area contributed by atoms with Gasteiger partial charge >= 0.3 is 12.0 Å². The zero-order valence-corrected chi connectivity index (χ0v) is 14.3. The number of nitrogens with one attached hydrogen (secondary N) is 1. The zero-order valence-electron chi connectivity index (χ0n) is 14.3. The monoisotopic (exact) mass is 348 g/mol. The topological polar surface area (TPSA) is 67.9 Å². The van der Waals surface area contributed by atoms with Crippen molar-refractivity contribution < 1.29 is 23.5 Å². The Morgan fingerprint density at radius 2 is 2.12 bits per heavy atom. The lowest BCUT2D eigenvalue weighted by Gasteiger charge is -2.35. The molecule has 0 radical (unpaired) electrons. The van der Waals surface area contributed by atoms with Gasteiger partial charge in [0.15, 0.2) is 0 Å². The van der Waals surface area contributed by atoms with Crippen molar-refractivity contribution in [3.8, 4) is 0 Å². The highest BCUT2D eigenvalue weighted by atomic mass is 19.1. The molecule has 0 aliphatic carbocycles. The van der Waals surface area contributed by atoms with Crippen LogP contribution in [0.4, 0.5) is 9.18 Å². The number of hydrogen-bond donors (Lipinski definition) is 1. The largest absolute Gasteiger partial charge is 0.460 e. The summed E-state index contributed by atoms with van der Waals surface area (Å²) in [6.07, 6.45) is 1.54. The lowest BCUT2D eigenvalue weighted by Crippen LogP contribution is -2.48. The third kappa shape index (κ3) is 4.06. The van der Waals surface area contributed by atoms with Crippen molar-refractivity contribution in [3.05, 3.63) is 59.6 Å². The van der Waals surface area contributed by atoms with Gasteiger partial charge in [0.25, 0.3) is 0 Å². The van der Waals surface area contributed by atoms with Gasteiger partial charge in [0.05, 0.1) is 18.2 Å². The second kappa shape index (κ2) is 8.43. The molecule has 6 nitrogen and oxygen atoms in total. The molecule has 134 valence electrons. The summed E-state index contributed by atoms with van der Waals surface area (Å²) in [4.78, 5) is 26.3. The SMILES string of the molecule is C=CCN1C(=O)N[C@H](c2ccccc2F)C(C(=O)OCCOC)=C1C. The average molecular weight is 348 g/mol. The standard InChI is InChI=1S/C18H21FN2O4/c1-4-9-21-12(2)15(17(22)25-11-10-24-3)16(20-18(21)23)13-7-5-6-8-14(13)19/h4-8,16H,1,9-11H2,2-3H3,(H,20,23)/t16-/m1/s1. The molecule has 0 saturated carbocycles. The normalized spacial score (nSPS) is 17.3. The predicted molar refractivity (Wildman–Crippen MR) is 90.1 cm³/mol. The van der Waals surface area contributed by atoms with Crippen LogP contribution in [0, 0.1) is 5.82 Å². The van der Waals surface area contributed by atoms with Crippen LogP contribution in [0.15, 0.2) is 48.2 Å². The molecule has 1 aromatic rings. The molecule has 1 aromatic carbocycles. The summed E-state index contributed by atoms with van der Waals surface area (Å²) in [5.74, 6) is -1.14. The summed E-state index contributed by atoms with van der Waals surface area (Å²) in [7, 11) is 1.49.